The molecule has 0 N–H and O–H groups in total. The van der Waals surface area contributed by atoms with Gasteiger partial charge in [0.15, 0.2) is 5.76 Å². The van der Waals surface area contributed by atoms with Gasteiger partial charge in [0.1, 0.15) is 5.75 Å². The van der Waals surface area contributed by atoms with Crippen molar-refractivity contribution in [3.05, 3.63) is 60.3 Å². The molecule has 0 bridgehead atoms. The molecule has 1 amide bonds. The van der Waals surface area contributed by atoms with Gasteiger partial charge in [-0.25, -0.2) is 4.98 Å². The molecular weight excluding hydrogens is 352 g/mol. The predicted octanol–water partition coefficient (Wildman–Crippen LogP) is 5.03. The standard InChI is InChI=1S/C23H24N2O3/c1-27-18-12-10-17(11-13-18)21-16-24-22(28-21)19-8-4-5-9-20(19)23(26)25-14-6-2-3-7-15-25/h4-5,8-13,16H,2-3,6-7,14-15H2,1H3. The van der Waals surface area contributed by atoms with E-state index in [0.29, 0.717) is 17.2 Å². The number of rotatable bonds is 4. The van der Waals surface area contributed by atoms with Crippen molar-refractivity contribution in [3.8, 4) is 28.5 Å². The van der Waals surface area contributed by atoms with Crippen molar-refractivity contribution in [2.75, 3.05) is 20.2 Å². The van der Waals surface area contributed by atoms with Gasteiger partial charge in [0.05, 0.1) is 18.9 Å². The first-order chi connectivity index (χ1) is 13.8. The van der Waals surface area contributed by atoms with E-state index in [4.69, 9.17) is 9.15 Å². The van der Waals surface area contributed by atoms with Crippen molar-refractivity contribution in [3.63, 3.8) is 0 Å². The molecule has 1 saturated heterocycles. The molecule has 0 atom stereocenters. The lowest BCUT2D eigenvalue weighted by atomic mass is 10.1. The molecule has 28 heavy (non-hydrogen) atoms. The molecular formula is C23H24N2O3. The summed E-state index contributed by atoms with van der Waals surface area (Å²) >= 11 is 0. The van der Waals surface area contributed by atoms with Crippen LogP contribution in [-0.2, 0) is 0 Å². The highest BCUT2D eigenvalue weighted by Crippen LogP contribution is 2.30. The largest absolute Gasteiger partial charge is 0.497 e. The maximum Gasteiger partial charge on any atom is 0.254 e. The van der Waals surface area contributed by atoms with Crippen molar-refractivity contribution in [2.24, 2.45) is 0 Å². The average molecular weight is 376 g/mol. The summed E-state index contributed by atoms with van der Waals surface area (Å²) in [5.41, 5.74) is 2.29. The van der Waals surface area contributed by atoms with Crippen LogP contribution in [0.3, 0.4) is 0 Å². The van der Waals surface area contributed by atoms with Gasteiger partial charge in [-0.05, 0) is 49.2 Å². The van der Waals surface area contributed by atoms with E-state index < -0.39 is 0 Å². The van der Waals surface area contributed by atoms with E-state index in [2.05, 4.69) is 4.98 Å². The Morgan fingerprint density at radius 2 is 1.71 bits per heavy atom. The molecule has 144 valence electrons. The summed E-state index contributed by atoms with van der Waals surface area (Å²) in [7, 11) is 1.64. The van der Waals surface area contributed by atoms with E-state index in [-0.39, 0.29) is 5.91 Å². The van der Waals surface area contributed by atoms with Crippen LogP contribution in [0.1, 0.15) is 36.0 Å². The number of oxazole rings is 1. The smallest absolute Gasteiger partial charge is 0.254 e. The Balaban J connectivity index is 1.63. The number of ether oxygens (including phenoxy) is 1. The number of carbonyl (C=O) groups is 1. The summed E-state index contributed by atoms with van der Waals surface area (Å²) in [6, 6.07) is 15.2. The van der Waals surface area contributed by atoms with Crippen molar-refractivity contribution >= 4 is 5.91 Å². The van der Waals surface area contributed by atoms with Crippen molar-refractivity contribution in [1.29, 1.82) is 0 Å². The minimum Gasteiger partial charge on any atom is -0.497 e. The lowest BCUT2D eigenvalue weighted by Gasteiger charge is -2.21. The Bertz CT molecular complexity index is 938. The maximum absolute atomic E-state index is 13.1. The Labute approximate surface area is 165 Å². The number of aromatic nitrogens is 1. The molecule has 2 aromatic carbocycles. The van der Waals surface area contributed by atoms with Gasteiger partial charge in [0, 0.05) is 24.2 Å². The number of hydrogen-bond donors (Lipinski definition) is 0. The van der Waals surface area contributed by atoms with Crippen LogP contribution >= 0.6 is 0 Å². The zero-order valence-corrected chi connectivity index (χ0v) is 16.1. The fourth-order valence-corrected chi connectivity index (χ4v) is 3.59. The monoisotopic (exact) mass is 376 g/mol. The second-order valence-electron chi connectivity index (χ2n) is 7.01. The lowest BCUT2D eigenvalue weighted by molar-refractivity contribution is 0.0762. The van der Waals surface area contributed by atoms with Crippen molar-refractivity contribution < 1.29 is 13.9 Å². The van der Waals surface area contributed by atoms with Crippen LogP contribution in [0.4, 0.5) is 0 Å². The molecule has 1 fully saturated rings. The van der Waals surface area contributed by atoms with Crippen LogP contribution in [0.2, 0.25) is 0 Å². The predicted molar refractivity (Wildman–Crippen MR) is 108 cm³/mol. The van der Waals surface area contributed by atoms with E-state index in [1.807, 2.05) is 53.4 Å². The second kappa shape index (κ2) is 8.30. The zero-order valence-electron chi connectivity index (χ0n) is 16.1. The molecule has 1 aromatic heterocycles. The van der Waals surface area contributed by atoms with Gasteiger partial charge in [0.25, 0.3) is 5.91 Å². The van der Waals surface area contributed by atoms with Crippen LogP contribution in [0.5, 0.6) is 5.75 Å². The molecule has 0 radical (unpaired) electrons. The van der Waals surface area contributed by atoms with Gasteiger partial charge in [-0.15, -0.1) is 0 Å². The Kier molecular flexibility index (Phi) is 5.42. The van der Waals surface area contributed by atoms with Crippen LogP contribution < -0.4 is 4.74 Å². The number of methoxy groups -OCH3 is 1. The number of likely N-dealkylation sites (tertiary alicyclic amines) is 1. The van der Waals surface area contributed by atoms with Gasteiger partial charge in [-0.2, -0.15) is 0 Å². The van der Waals surface area contributed by atoms with E-state index in [1.165, 1.54) is 12.8 Å². The van der Waals surface area contributed by atoms with Gasteiger partial charge in [-0.1, -0.05) is 25.0 Å². The third kappa shape index (κ3) is 3.79. The first-order valence-electron chi connectivity index (χ1n) is 9.75. The third-order valence-corrected chi connectivity index (χ3v) is 5.16. The fourth-order valence-electron chi connectivity index (χ4n) is 3.59. The topological polar surface area (TPSA) is 55.6 Å². The van der Waals surface area contributed by atoms with E-state index in [1.54, 1.807) is 13.3 Å². The molecule has 3 aromatic rings. The molecule has 5 heteroatoms. The number of amides is 1. The molecule has 0 aliphatic carbocycles. The van der Waals surface area contributed by atoms with E-state index in [9.17, 15) is 4.79 Å². The van der Waals surface area contributed by atoms with Gasteiger partial charge in [0.2, 0.25) is 5.89 Å². The highest BCUT2D eigenvalue weighted by molar-refractivity contribution is 6.00. The van der Waals surface area contributed by atoms with Crippen LogP contribution in [0, 0.1) is 0 Å². The summed E-state index contributed by atoms with van der Waals surface area (Å²) in [5.74, 6) is 1.97. The van der Waals surface area contributed by atoms with E-state index in [0.717, 1.165) is 42.8 Å². The molecule has 0 spiro atoms. The number of nitrogens with zero attached hydrogens (tertiary/aromatic N) is 2. The third-order valence-electron chi connectivity index (χ3n) is 5.16. The summed E-state index contributed by atoms with van der Waals surface area (Å²) in [6.07, 6.45) is 6.21. The summed E-state index contributed by atoms with van der Waals surface area (Å²) in [6.45, 7) is 1.63. The van der Waals surface area contributed by atoms with Gasteiger partial charge in [-0.3, -0.25) is 4.79 Å². The maximum atomic E-state index is 13.1. The normalized spacial score (nSPS) is 14.5. The van der Waals surface area contributed by atoms with E-state index >= 15 is 0 Å². The number of carbonyl (C=O) groups excluding carboxylic acids is 1. The quantitative estimate of drug-likeness (QED) is 0.641. The lowest BCUT2D eigenvalue weighted by Crippen LogP contribution is -2.32. The SMILES string of the molecule is COc1ccc(-c2cnc(-c3ccccc3C(=O)N3CCCCCC3)o2)cc1. The van der Waals surface area contributed by atoms with Crippen molar-refractivity contribution in [1.82, 2.24) is 9.88 Å². The first kappa shape index (κ1) is 18.3. The second-order valence-corrected chi connectivity index (χ2v) is 7.01. The average Bonchev–Trinajstić information content (AvgIpc) is 3.08. The Hall–Kier alpha value is -3.08. The van der Waals surface area contributed by atoms with Gasteiger partial charge >= 0.3 is 0 Å². The number of benzene rings is 2. The van der Waals surface area contributed by atoms with Gasteiger partial charge < -0.3 is 14.1 Å². The molecule has 5 nitrogen and oxygen atoms in total. The molecule has 4 rings (SSSR count). The van der Waals surface area contributed by atoms with Crippen LogP contribution in [0.15, 0.2) is 59.1 Å². The summed E-state index contributed by atoms with van der Waals surface area (Å²) in [5, 5.41) is 0. The summed E-state index contributed by atoms with van der Waals surface area (Å²) < 4.78 is 11.2. The zero-order chi connectivity index (χ0) is 19.3. The highest BCUT2D eigenvalue weighted by Gasteiger charge is 2.22. The summed E-state index contributed by atoms with van der Waals surface area (Å²) in [4.78, 5) is 19.5. The first-order valence-corrected chi connectivity index (χ1v) is 9.75. The molecule has 0 unspecified atom stereocenters. The minimum atomic E-state index is 0.0571. The minimum absolute atomic E-state index is 0.0571. The Morgan fingerprint density at radius 1 is 1.00 bits per heavy atom. The molecule has 1 aliphatic rings. The Morgan fingerprint density at radius 3 is 2.43 bits per heavy atom. The van der Waals surface area contributed by atoms with Crippen molar-refractivity contribution in [2.45, 2.75) is 25.7 Å². The molecule has 0 saturated carbocycles. The molecule has 1 aliphatic heterocycles. The fraction of sp³-hybridized carbons (Fsp3) is 0.304. The molecule has 2 heterocycles. The van der Waals surface area contributed by atoms with Crippen LogP contribution in [0.25, 0.3) is 22.8 Å². The highest BCUT2D eigenvalue weighted by atomic mass is 16.5. The number of hydrogen-bond acceptors (Lipinski definition) is 4. The van der Waals surface area contributed by atoms with Crippen LogP contribution in [-0.4, -0.2) is 36.0 Å².